The zero-order chi connectivity index (χ0) is 11.5. The molecule has 0 radical (unpaired) electrons. The van der Waals surface area contributed by atoms with Crippen LogP contribution in [0.4, 0.5) is 0 Å². The first-order valence-corrected chi connectivity index (χ1v) is 5.86. The minimum absolute atomic E-state index is 0.156. The second kappa shape index (κ2) is 4.77. The van der Waals surface area contributed by atoms with Crippen molar-refractivity contribution in [1.82, 2.24) is 5.48 Å². The number of hydroxylamine groups is 1. The van der Waals surface area contributed by atoms with Crippen LogP contribution in [-0.4, -0.2) is 11.5 Å². The maximum absolute atomic E-state index is 11.7. The molecule has 0 bridgehead atoms. The second-order valence-corrected chi connectivity index (χ2v) is 5.19. The summed E-state index contributed by atoms with van der Waals surface area (Å²) in [6.45, 7) is 7.71. The van der Waals surface area contributed by atoms with Crippen molar-refractivity contribution >= 4 is 17.2 Å². The average Bonchev–Trinajstić information content (AvgIpc) is 2.60. The molecule has 0 atom stereocenters. The Balaban J connectivity index is 2.62. The van der Waals surface area contributed by atoms with Gasteiger partial charge in [0.2, 0.25) is 0 Å². The molecule has 0 aliphatic heterocycles. The van der Waals surface area contributed by atoms with E-state index in [1.165, 1.54) is 11.3 Å². The van der Waals surface area contributed by atoms with Crippen LogP contribution in [0.15, 0.2) is 11.4 Å². The quantitative estimate of drug-likeness (QED) is 0.806. The van der Waals surface area contributed by atoms with E-state index in [1.807, 2.05) is 39.1 Å². The number of hydrogen-bond donors (Lipinski definition) is 1. The Hall–Kier alpha value is -0.870. The summed E-state index contributed by atoms with van der Waals surface area (Å²) in [5.41, 5.74) is 3.17. The Morgan fingerprint density at radius 2 is 2.20 bits per heavy atom. The van der Waals surface area contributed by atoms with Crippen LogP contribution in [0, 0.1) is 0 Å². The number of thiophene rings is 1. The van der Waals surface area contributed by atoms with Crippen molar-refractivity contribution in [2.45, 2.75) is 39.7 Å². The van der Waals surface area contributed by atoms with Crippen LogP contribution in [0.2, 0.25) is 0 Å². The van der Waals surface area contributed by atoms with Crippen molar-refractivity contribution in [3.05, 3.63) is 21.9 Å². The fourth-order valence-corrected chi connectivity index (χ4v) is 1.94. The van der Waals surface area contributed by atoms with Gasteiger partial charge in [-0.05, 0) is 44.2 Å². The number of rotatable bonds is 3. The lowest BCUT2D eigenvalue weighted by Crippen LogP contribution is -2.33. The highest BCUT2D eigenvalue weighted by atomic mass is 32.1. The Kier molecular flexibility index (Phi) is 3.88. The molecule has 0 unspecified atom stereocenters. The molecule has 15 heavy (non-hydrogen) atoms. The van der Waals surface area contributed by atoms with Gasteiger partial charge in [-0.3, -0.25) is 9.63 Å². The van der Waals surface area contributed by atoms with Gasteiger partial charge in [-0.25, -0.2) is 5.48 Å². The lowest BCUT2D eigenvalue weighted by molar-refractivity contribution is -0.0588. The lowest BCUT2D eigenvalue weighted by Gasteiger charge is -2.18. The molecule has 0 aromatic carbocycles. The van der Waals surface area contributed by atoms with Crippen LogP contribution in [0.5, 0.6) is 0 Å². The number of carbonyl (C=O) groups excluding carboxylic acids is 1. The van der Waals surface area contributed by atoms with Gasteiger partial charge in [-0.15, -0.1) is 11.3 Å². The summed E-state index contributed by atoms with van der Waals surface area (Å²) in [6, 6.07) is 1.97. The summed E-state index contributed by atoms with van der Waals surface area (Å²) < 4.78 is 0. The van der Waals surface area contributed by atoms with Crippen molar-refractivity contribution in [3.8, 4) is 0 Å². The van der Waals surface area contributed by atoms with Crippen LogP contribution < -0.4 is 5.48 Å². The van der Waals surface area contributed by atoms with Gasteiger partial charge >= 0.3 is 0 Å². The minimum Gasteiger partial charge on any atom is -0.268 e. The SMILES string of the molecule is CCc1ccsc1C(=O)NOC(C)(C)C. The summed E-state index contributed by atoms with van der Waals surface area (Å²) in [5, 5.41) is 1.92. The van der Waals surface area contributed by atoms with E-state index >= 15 is 0 Å². The molecule has 0 spiro atoms. The van der Waals surface area contributed by atoms with Crippen LogP contribution >= 0.6 is 11.3 Å². The fraction of sp³-hybridized carbons (Fsp3) is 0.545. The van der Waals surface area contributed by atoms with Crippen molar-refractivity contribution in [2.24, 2.45) is 0 Å². The van der Waals surface area contributed by atoms with Crippen LogP contribution in [-0.2, 0) is 11.3 Å². The van der Waals surface area contributed by atoms with Crippen LogP contribution in [0.1, 0.15) is 42.9 Å². The van der Waals surface area contributed by atoms with Gasteiger partial charge in [0.1, 0.15) is 0 Å². The maximum atomic E-state index is 11.7. The monoisotopic (exact) mass is 227 g/mol. The maximum Gasteiger partial charge on any atom is 0.285 e. The Bertz CT molecular complexity index is 339. The van der Waals surface area contributed by atoms with E-state index in [-0.39, 0.29) is 11.5 Å². The van der Waals surface area contributed by atoms with E-state index < -0.39 is 0 Å². The molecule has 0 saturated heterocycles. The van der Waals surface area contributed by atoms with Crippen LogP contribution in [0.3, 0.4) is 0 Å². The van der Waals surface area contributed by atoms with E-state index in [1.54, 1.807) is 0 Å². The van der Waals surface area contributed by atoms with Gasteiger partial charge in [0.15, 0.2) is 0 Å². The first kappa shape index (κ1) is 12.2. The standard InChI is InChI=1S/C11H17NO2S/c1-5-8-6-7-15-9(8)10(13)12-14-11(2,3)4/h6-7H,5H2,1-4H3,(H,12,13). The highest BCUT2D eigenvalue weighted by molar-refractivity contribution is 7.12. The molecule has 1 N–H and O–H groups in total. The zero-order valence-electron chi connectivity index (χ0n) is 9.59. The Morgan fingerprint density at radius 3 is 2.73 bits per heavy atom. The topological polar surface area (TPSA) is 38.3 Å². The smallest absolute Gasteiger partial charge is 0.268 e. The molecule has 1 rings (SSSR count). The first-order chi connectivity index (χ1) is 6.94. The lowest BCUT2D eigenvalue weighted by atomic mass is 10.2. The number of nitrogens with one attached hydrogen (secondary N) is 1. The predicted octanol–water partition coefficient (Wildman–Crippen LogP) is 2.77. The van der Waals surface area contributed by atoms with Gasteiger partial charge in [0.25, 0.3) is 5.91 Å². The zero-order valence-corrected chi connectivity index (χ0v) is 10.4. The van der Waals surface area contributed by atoms with Gasteiger partial charge in [-0.1, -0.05) is 6.92 Å². The molecule has 3 nitrogen and oxygen atoms in total. The number of carbonyl (C=O) groups is 1. The second-order valence-electron chi connectivity index (χ2n) is 4.27. The highest BCUT2D eigenvalue weighted by Crippen LogP contribution is 2.17. The fourth-order valence-electron chi connectivity index (χ4n) is 1.06. The van der Waals surface area contributed by atoms with E-state index in [2.05, 4.69) is 5.48 Å². The summed E-state index contributed by atoms with van der Waals surface area (Å²) in [7, 11) is 0. The Labute approximate surface area is 94.4 Å². The van der Waals surface area contributed by atoms with Gasteiger partial charge in [-0.2, -0.15) is 0 Å². The van der Waals surface area contributed by atoms with E-state index in [9.17, 15) is 4.79 Å². The molecule has 1 aromatic heterocycles. The van der Waals surface area contributed by atoms with Crippen molar-refractivity contribution < 1.29 is 9.63 Å². The third-order valence-corrected chi connectivity index (χ3v) is 2.74. The minimum atomic E-state index is -0.362. The third kappa shape index (κ3) is 3.64. The Morgan fingerprint density at radius 1 is 1.53 bits per heavy atom. The average molecular weight is 227 g/mol. The van der Waals surface area contributed by atoms with E-state index in [4.69, 9.17) is 4.84 Å². The number of aryl methyl sites for hydroxylation is 1. The summed E-state index contributed by atoms with van der Waals surface area (Å²) in [4.78, 5) is 17.7. The van der Waals surface area contributed by atoms with Crippen molar-refractivity contribution in [1.29, 1.82) is 0 Å². The first-order valence-electron chi connectivity index (χ1n) is 4.98. The van der Waals surface area contributed by atoms with Crippen molar-refractivity contribution in [3.63, 3.8) is 0 Å². The summed E-state index contributed by atoms with van der Waals surface area (Å²) in [6.07, 6.45) is 0.863. The molecule has 4 heteroatoms. The molecule has 0 aliphatic rings. The van der Waals surface area contributed by atoms with Crippen LogP contribution in [0.25, 0.3) is 0 Å². The highest BCUT2D eigenvalue weighted by Gasteiger charge is 2.16. The summed E-state index contributed by atoms with van der Waals surface area (Å²) >= 11 is 1.44. The number of hydrogen-bond acceptors (Lipinski definition) is 3. The number of amides is 1. The largest absolute Gasteiger partial charge is 0.285 e. The molecule has 1 amide bonds. The normalized spacial score (nSPS) is 11.5. The molecule has 1 aromatic rings. The molecule has 84 valence electrons. The van der Waals surface area contributed by atoms with Gasteiger partial charge in [0.05, 0.1) is 10.5 Å². The third-order valence-electron chi connectivity index (χ3n) is 1.78. The van der Waals surface area contributed by atoms with E-state index in [0.717, 1.165) is 16.9 Å². The van der Waals surface area contributed by atoms with Gasteiger partial charge < -0.3 is 0 Å². The van der Waals surface area contributed by atoms with E-state index in [0.29, 0.717) is 0 Å². The molecule has 0 fully saturated rings. The molecule has 1 heterocycles. The summed E-state index contributed by atoms with van der Waals surface area (Å²) in [5.74, 6) is -0.156. The molecule has 0 aliphatic carbocycles. The van der Waals surface area contributed by atoms with Gasteiger partial charge in [0, 0.05) is 0 Å². The molecular formula is C11H17NO2S. The predicted molar refractivity (Wildman–Crippen MR) is 62.0 cm³/mol. The molecular weight excluding hydrogens is 210 g/mol. The molecule has 0 saturated carbocycles. The van der Waals surface area contributed by atoms with Crippen molar-refractivity contribution in [2.75, 3.05) is 0 Å².